The van der Waals surface area contributed by atoms with Crippen molar-refractivity contribution in [3.63, 3.8) is 0 Å². The molecule has 30 heavy (non-hydrogen) atoms. The van der Waals surface area contributed by atoms with Crippen molar-refractivity contribution in [1.29, 1.82) is 0 Å². The lowest BCUT2D eigenvalue weighted by molar-refractivity contribution is 0.102. The summed E-state index contributed by atoms with van der Waals surface area (Å²) in [5.41, 5.74) is 3.46. The predicted octanol–water partition coefficient (Wildman–Crippen LogP) is 5.00. The summed E-state index contributed by atoms with van der Waals surface area (Å²) < 4.78 is 0. The molecule has 1 atom stereocenters. The fourth-order valence-corrected chi connectivity index (χ4v) is 4.63. The first-order chi connectivity index (χ1) is 14.4. The fraction of sp³-hybridized carbons (Fsp3) is 0.333. The van der Waals surface area contributed by atoms with Crippen molar-refractivity contribution in [2.24, 2.45) is 5.92 Å². The molecule has 2 aromatic carbocycles. The molecule has 1 aliphatic carbocycles. The lowest BCUT2D eigenvalue weighted by Crippen LogP contribution is -2.39. The van der Waals surface area contributed by atoms with E-state index in [0.717, 1.165) is 48.2 Å². The lowest BCUT2D eigenvalue weighted by Gasteiger charge is -2.39. The fourth-order valence-electron chi connectivity index (χ4n) is 4.63. The molecule has 0 bridgehead atoms. The number of benzene rings is 2. The topological polar surface area (TPSA) is 49.3 Å². The number of carbonyl (C=O) groups excluding carboxylic acids is 1. The largest absolute Gasteiger partial charge is 0.386 e. The van der Waals surface area contributed by atoms with Gasteiger partial charge in [-0.2, -0.15) is 0 Å². The molecule has 1 unspecified atom stereocenters. The average molecular weight is 401 g/mol. The van der Waals surface area contributed by atoms with Gasteiger partial charge in [-0.3, -0.25) is 4.79 Å². The standard InChI is InChI=1S/C27H30NO2/c1-27(2,30)25-17-22(19-10-5-3-6-11-19)24(26(29)20-12-7-4-8-13-20)16-23(25)21-14-9-15-28-18-21/h3-8,10-13,17,21,28,30H,9,14-16,18H2,1-2H3. The van der Waals surface area contributed by atoms with E-state index in [-0.39, 0.29) is 5.78 Å². The summed E-state index contributed by atoms with van der Waals surface area (Å²) in [5, 5.41) is 14.5. The van der Waals surface area contributed by atoms with Crippen LogP contribution in [-0.4, -0.2) is 29.6 Å². The monoisotopic (exact) mass is 400 g/mol. The molecule has 3 nitrogen and oxygen atoms in total. The minimum Gasteiger partial charge on any atom is -0.386 e. The van der Waals surface area contributed by atoms with Gasteiger partial charge >= 0.3 is 0 Å². The van der Waals surface area contributed by atoms with Crippen molar-refractivity contribution in [3.05, 3.63) is 94.9 Å². The molecule has 155 valence electrons. The number of nitrogens with one attached hydrogen (secondary N) is 1. The van der Waals surface area contributed by atoms with Gasteiger partial charge in [-0.05, 0) is 68.8 Å². The summed E-state index contributed by atoms with van der Waals surface area (Å²) in [6.07, 6.45) is 4.85. The summed E-state index contributed by atoms with van der Waals surface area (Å²) in [7, 11) is 0. The Morgan fingerprint density at radius 1 is 1.03 bits per heavy atom. The quantitative estimate of drug-likeness (QED) is 0.695. The van der Waals surface area contributed by atoms with Gasteiger partial charge in [0.05, 0.1) is 5.60 Å². The van der Waals surface area contributed by atoms with E-state index in [1.807, 2.05) is 74.5 Å². The summed E-state index contributed by atoms with van der Waals surface area (Å²) >= 11 is 0. The van der Waals surface area contributed by atoms with Gasteiger partial charge in [0.15, 0.2) is 5.78 Å². The normalized spacial score (nSPS) is 20.8. The molecule has 1 radical (unpaired) electrons. The zero-order valence-electron chi connectivity index (χ0n) is 17.8. The molecule has 0 saturated carbocycles. The number of aliphatic hydroxyl groups is 1. The molecule has 1 saturated heterocycles. The highest BCUT2D eigenvalue weighted by atomic mass is 16.3. The number of carbonyl (C=O) groups is 1. The Hall–Kier alpha value is -2.49. The summed E-state index contributed by atoms with van der Waals surface area (Å²) in [6.45, 7) is 5.63. The maximum atomic E-state index is 13.6. The molecular formula is C27H30NO2. The van der Waals surface area contributed by atoms with Crippen molar-refractivity contribution in [2.45, 2.75) is 38.7 Å². The van der Waals surface area contributed by atoms with Gasteiger partial charge < -0.3 is 10.4 Å². The zero-order valence-corrected chi connectivity index (χ0v) is 17.8. The molecule has 3 heteroatoms. The number of Topliss-reactive ketones (excluding diaryl/α,β-unsaturated/α-hetero) is 1. The van der Waals surface area contributed by atoms with Crippen LogP contribution in [0.25, 0.3) is 5.57 Å². The van der Waals surface area contributed by atoms with Crippen LogP contribution < -0.4 is 5.32 Å². The van der Waals surface area contributed by atoms with Crippen LogP contribution in [0.1, 0.15) is 49.0 Å². The number of ketones is 1. The third-order valence-corrected chi connectivity index (χ3v) is 6.17. The van der Waals surface area contributed by atoms with Crippen molar-refractivity contribution in [2.75, 3.05) is 13.1 Å². The predicted molar refractivity (Wildman–Crippen MR) is 122 cm³/mol. The van der Waals surface area contributed by atoms with Gasteiger partial charge in [-0.25, -0.2) is 0 Å². The van der Waals surface area contributed by atoms with Gasteiger partial charge in [-0.15, -0.1) is 0 Å². The van der Waals surface area contributed by atoms with E-state index in [4.69, 9.17) is 0 Å². The van der Waals surface area contributed by atoms with Gasteiger partial charge in [0.1, 0.15) is 0 Å². The smallest absolute Gasteiger partial charge is 0.189 e. The van der Waals surface area contributed by atoms with E-state index < -0.39 is 5.60 Å². The average Bonchev–Trinajstić information content (AvgIpc) is 2.79. The van der Waals surface area contributed by atoms with E-state index in [0.29, 0.717) is 17.9 Å². The Balaban J connectivity index is 1.85. The molecule has 2 aromatic rings. The van der Waals surface area contributed by atoms with Crippen LogP contribution in [0.4, 0.5) is 0 Å². The Kier molecular flexibility index (Phi) is 6.03. The maximum absolute atomic E-state index is 13.6. The van der Waals surface area contributed by atoms with Crippen LogP contribution in [0, 0.1) is 11.8 Å². The lowest BCUT2D eigenvalue weighted by atomic mass is 9.68. The van der Waals surface area contributed by atoms with E-state index in [1.165, 1.54) is 5.92 Å². The number of hydrogen-bond donors (Lipinski definition) is 2. The SMILES string of the molecule is CC(C)(O)C1=CC(c2ccccc2)=C(C(=O)c2ccccc2)C[C]1C1CCCNC1. The van der Waals surface area contributed by atoms with Gasteiger partial charge in [0.25, 0.3) is 0 Å². The summed E-state index contributed by atoms with van der Waals surface area (Å²) in [6, 6.07) is 19.6. The van der Waals surface area contributed by atoms with Crippen LogP contribution >= 0.6 is 0 Å². The third-order valence-electron chi connectivity index (χ3n) is 6.17. The first-order valence-corrected chi connectivity index (χ1v) is 10.8. The second kappa shape index (κ2) is 8.71. The van der Waals surface area contributed by atoms with Gasteiger partial charge in [0.2, 0.25) is 0 Å². The van der Waals surface area contributed by atoms with Crippen molar-refractivity contribution >= 4 is 11.4 Å². The van der Waals surface area contributed by atoms with Crippen molar-refractivity contribution < 1.29 is 9.90 Å². The maximum Gasteiger partial charge on any atom is 0.189 e. The zero-order chi connectivity index (χ0) is 21.1. The second-order valence-electron chi connectivity index (χ2n) is 8.82. The Bertz CT molecular complexity index is 945. The van der Waals surface area contributed by atoms with Crippen molar-refractivity contribution in [1.82, 2.24) is 5.32 Å². The molecule has 1 aliphatic heterocycles. The molecule has 0 aromatic heterocycles. The highest BCUT2D eigenvalue weighted by molar-refractivity contribution is 6.15. The molecule has 1 fully saturated rings. The number of allylic oxidation sites excluding steroid dienone is 3. The second-order valence-corrected chi connectivity index (χ2v) is 8.82. The molecule has 4 rings (SSSR count). The van der Waals surface area contributed by atoms with Crippen LogP contribution in [-0.2, 0) is 0 Å². The van der Waals surface area contributed by atoms with Crippen LogP contribution in [0.15, 0.2) is 77.9 Å². The Morgan fingerprint density at radius 2 is 1.70 bits per heavy atom. The Morgan fingerprint density at radius 3 is 2.30 bits per heavy atom. The molecule has 0 spiro atoms. The number of piperidine rings is 1. The highest BCUT2D eigenvalue weighted by Crippen LogP contribution is 2.45. The molecule has 2 aliphatic rings. The summed E-state index contributed by atoms with van der Waals surface area (Å²) in [5.74, 6) is 1.61. The van der Waals surface area contributed by atoms with Crippen LogP contribution in [0.2, 0.25) is 0 Å². The molecule has 0 amide bonds. The minimum absolute atomic E-state index is 0.0711. The number of hydrogen-bond acceptors (Lipinski definition) is 3. The van der Waals surface area contributed by atoms with Gasteiger partial charge in [-0.1, -0.05) is 66.7 Å². The summed E-state index contributed by atoms with van der Waals surface area (Å²) in [4.78, 5) is 13.6. The van der Waals surface area contributed by atoms with Crippen LogP contribution in [0.5, 0.6) is 0 Å². The molecule has 1 heterocycles. The molecular weight excluding hydrogens is 370 g/mol. The van der Waals surface area contributed by atoms with E-state index in [9.17, 15) is 9.90 Å². The van der Waals surface area contributed by atoms with Crippen LogP contribution in [0.3, 0.4) is 0 Å². The minimum atomic E-state index is -0.964. The van der Waals surface area contributed by atoms with E-state index in [2.05, 4.69) is 11.4 Å². The first-order valence-electron chi connectivity index (χ1n) is 10.8. The third kappa shape index (κ3) is 4.33. The molecule has 2 N–H and O–H groups in total. The van der Waals surface area contributed by atoms with E-state index in [1.54, 1.807) is 0 Å². The van der Waals surface area contributed by atoms with Gasteiger partial charge in [0, 0.05) is 17.1 Å². The Labute approximate surface area is 179 Å². The number of rotatable bonds is 5. The van der Waals surface area contributed by atoms with Crippen molar-refractivity contribution in [3.8, 4) is 0 Å². The highest BCUT2D eigenvalue weighted by Gasteiger charge is 2.39. The first kappa shape index (κ1) is 20.8. The van der Waals surface area contributed by atoms with E-state index >= 15 is 0 Å².